The van der Waals surface area contributed by atoms with Gasteiger partial charge < -0.3 is 15.2 Å². The number of aromatic nitrogens is 1. The molecule has 1 aromatic rings. The fourth-order valence-electron chi connectivity index (χ4n) is 2.11. The standard InChI is InChI=1S/C12H19N3O2/c1-8-10(9(2)17-15-8)7-14-11-5-3-4-6-13-12(11)16/h11,14H,3-7H2,1-2H3,(H,13,16). The van der Waals surface area contributed by atoms with Gasteiger partial charge in [-0.3, -0.25) is 4.79 Å². The molecular formula is C12H19N3O2. The summed E-state index contributed by atoms with van der Waals surface area (Å²) in [4.78, 5) is 11.7. The molecule has 1 unspecified atom stereocenters. The molecule has 5 nitrogen and oxygen atoms in total. The Hall–Kier alpha value is -1.36. The van der Waals surface area contributed by atoms with Gasteiger partial charge in [-0.2, -0.15) is 0 Å². The summed E-state index contributed by atoms with van der Waals surface area (Å²) in [7, 11) is 0. The van der Waals surface area contributed by atoms with E-state index in [9.17, 15) is 4.79 Å². The van der Waals surface area contributed by atoms with Gasteiger partial charge in [-0.1, -0.05) is 5.16 Å². The maximum atomic E-state index is 11.7. The van der Waals surface area contributed by atoms with Gasteiger partial charge in [0, 0.05) is 18.7 Å². The van der Waals surface area contributed by atoms with Crippen molar-refractivity contribution >= 4 is 5.91 Å². The van der Waals surface area contributed by atoms with Gasteiger partial charge in [0.1, 0.15) is 5.76 Å². The lowest BCUT2D eigenvalue weighted by Gasteiger charge is -2.14. The first-order chi connectivity index (χ1) is 8.18. The van der Waals surface area contributed by atoms with Crippen molar-refractivity contribution < 1.29 is 9.32 Å². The van der Waals surface area contributed by atoms with E-state index in [-0.39, 0.29) is 11.9 Å². The molecule has 0 aliphatic carbocycles. The number of carbonyl (C=O) groups is 1. The lowest BCUT2D eigenvalue weighted by Crippen LogP contribution is -2.42. The summed E-state index contributed by atoms with van der Waals surface area (Å²) in [5, 5.41) is 10.1. The van der Waals surface area contributed by atoms with Crippen molar-refractivity contribution in [1.29, 1.82) is 0 Å². The molecular weight excluding hydrogens is 218 g/mol. The molecule has 0 spiro atoms. The van der Waals surface area contributed by atoms with Crippen molar-refractivity contribution in [1.82, 2.24) is 15.8 Å². The zero-order valence-corrected chi connectivity index (χ0v) is 10.4. The summed E-state index contributed by atoms with van der Waals surface area (Å²) in [5.74, 6) is 0.929. The maximum absolute atomic E-state index is 11.7. The third-order valence-electron chi connectivity index (χ3n) is 3.24. The normalized spacial score (nSPS) is 21.1. The number of hydrogen-bond donors (Lipinski definition) is 2. The largest absolute Gasteiger partial charge is 0.361 e. The average Bonchev–Trinajstić information content (AvgIpc) is 2.52. The molecule has 0 radical (unpaired) electrons. The summed E-state index contributed by atoms with van der Waals surface area (Å²) in [5.41, 5.74) is 1.95. The Balaban J connectivity index is 1.95. The van der Waals surface area contributed by atoms with E-state index in [1.54, 1.807) is 0 Å². The van der Waals surface area contributed by atoms with Gasteiger partial charge in [-0.05, 0) is 33.1 Å². The van der Waals surface area contributed by atoms with Crippen LogP contribution in [0.15, 0.2) is 4.52 Å². The van der Waals surface area contributed by atoms with E-state index in [1.165, 1.54) is 0 Å². The second kappa shape index (κ2) is 5.31. The fraction of sp³-hybridized carbons (Fsp3) is 0.667. The number of aryl methyl sites for hydroxylation is 2. The zero-order valence-electron chi connectivity index (χ0n) is 10.4. The molecule has 1 aliphatic heterocycles. The van der Waals surface area contributed by atoms with Gasteiger partial charge in [0.05, 0.1) is 11.7 Å². The van der Waals surface area contributed by atoms with E-state index in [2.05, 4.69) is 15.8 Å². The monoisotopic (exact) mass is 237 g/mol. The predicted octanol–water partition coefficient (Wildman–Crippen LogP) is 1.05. The summed E-state index contributed by atoms with van der Waals surface area (Å²) in [6.45, 7) is 5.24. The molecule has 2 rings (SSSR count). The van der Waals surface area contributed by atoms with Crippen LogP contribution in [0, 0.1) is 13.8 Å². The fourth-order valence-corrected chi connectivity index (χ4v) is 2.11. The molecule has 1 aliphatic rings. The van der Waals surface area contributed by atoms with Crippen molar-refractivity contribution in [3.63, 3.8) is 0 Å². The van der Waals surface area contributed by atoms with E-state index in [1.807, 2.05) is 13.8 Å². The van der Waals surface area contributed by atoms with Crippen LogP contribution in [-0.2, 0) is 11.3 Å². The van der Waals surface area contributed by atoms with E-state index < -0.39 is 0 Å². The third-order valence-corrected chi connectivity index (χ3v) is 3.24. The molecule has 2 heterocycles. The first-order valence-electron chi connectivity index (χ1n) is 6.11. The minimum atomic E-state index is -0.0915. The molecule has 1 fully saturated rings. The van der Waals surface area contributed by atoms with Crippen LogP contribution in [0.25, 0.3) is 0 Å². The number of nitrogens with one attached hydrogen (secondary N) is 2. The predicted molar refractivity (Wildman–Crippen MR) is 63.5 cm³/mol. The van der Waals surface area contributed by atoms with Crippen molar-refractivity contribution in [3.8, 4) is 0 Å². The Morgan fingerprint density at radius 1 is 1.47 bits per heavy atom. The van der Waals surface area contributed by atoms with E-state index in [0.29, 0.717) is 6.54 Å². The molecule has 1 aromatic heterocycles. The van der Waals surface area contributed by atoms with Crippen LogP contribution in [0.2, 0.25) is 0 Å². The second-order valence-electron chi connectivity index (χ2n) is 4.52. The van der Waals surface area contributed by atoms with Gasteiger partial charge in [0.2, 0.25) is 5.91 Å². The topological polar surface area (TPSA) is 67.2 Å². The lowest BCUT2D eigenvalue weighted by atomic mass is 10.1. The Bertz CT molecular complexity index is 381. The molecule has 5 heteroatoms. The molecule has 1 saturated heterocycles. The summed E-state index contributed by atoms with van der Waals surface area (Å²) < 4.78 is 5.10. The molecule has 1 amide bonds. The first-order valence-corrected chi connectivity index (χ1v) is 6.11. The highest BCUT2D eigenvalue weighted by Crippen LogP contribution is 2.13. The summed E-state index contributed by atoms with van der Waals surface area (Å²) >= 11 is 0. The van der Waals surface area contributed by atoms with Gasteiger partial charge in [0.15, 0.2) is 0 Å². The molecule has 0 aromatic carbocycles. The molecule has 0 bridgehead atoms. The van der Waals surface area contributed by atoms with E-state index in [0.717, 1.165) is 42.8 Å². The minimum Gasteiger partial charge on any atom is -0.361 e. The molecule has 94 valence electrons. The van der Waals surface area contributed by atoms with Crippen LogP contribution in [0.4, 0.5) is 0 Å². The number of carbonyl (C=O) groups excluding carboxylic acids is 1. The summed E-state index contributed by atoms with van der Waals surface area (Å²) in [6, 6.07) is -0.0915. The second-order valence-corrected chi connectivity index (χ2v) is 4.52. The highest BCUT2D eigenvalue weighted by molar-refractivity contribution is 5.81. The van der Waals surface area contributed by atoms with Crippen LogP contribution >= 0.6 is 0 Å². The van der Waals surface area contributed by atoms with Gasteiger partial charge in [0.25, 0.3) is 0 Å². The minimum absolute atomic E-state index is 0.0915. The quantitative estimate of drug-likeness (QED) is 0.824. The smallest absolute Gasteiger partial charge is 0.237 e. The molecule has 2 N–H and O–H groups in total. The van der Waals surface area contributed by atoms with Crippen molar-refractivity contribution in [2.75, 3.05) is 6.54 Å². The Morgan fingerprint density at radius 3 is 3.00 bits per heavy atom. The van der Waals surface area contributed by atoms with Crippen LogP contribution in [0.5, 0.6) is 0 Å². The number of hydrogen-bond acceptors (Lipinski definition) is 4. The number of rotatable bonds is 3. The van der Waals surface area contributed by atoms with Crippen molar-refractivity contribution in [3.05, 3.63) is 17.0 Å². The zero-order chi connectivity index (χ0) is 12.3. The van der Waals surface area contributed by atoms with E-state index >= 15 is 0 Å². The first kappa shape index (κ1) is 12.1. The number of amides is 1. The average molecular weight is 237 g/mol. The molecule has 17 heavy (non-hydrogen) atoms. The van der Waals surface area contributed by atoms with E-state index in [4.69, 9.17) is 4.52 Å². The SMILES string of the molecule is Cc1noc(C)c1CNC1CCCCNC1=O. The van der Waals surface area contributed by atoms with Crippen molar-refractivity contribution in [2.24, 2.45) is 0 Å². The van der Waals surface area contributed by atoms with Crippen LogP contribution in [0.3, 0.4) is 0 Å². The van der Waals surface area contributed by atoms with Crippen molar-refractivity contribution in [2.45, 2.75) is 45.7 Å². The lowest BCUT2D eigenvalue weighted by molar-refractivity contribution is -0.122. The summed E-state index contributed by atoms with van der Waals surface area (Å²) in [6.07, 6.45) is 3.04. The van der Waals surface area contributed by atoms with Crippen LogP contribution in [-0.4, -0.2) is 23.7 Å². The van der Waals surface area contributed by atoms with Gasteiger partial charge >= 0.3 is 0 Å². The Morgan fingerprint density at radius 2 is 2.29 bits per heavy atom. The molecule has 1 atom stereocenters. The van der Waals surface area contributed by atoms with Crippen LogP contribution < -0.4 is 10.6 Å². The third kappa shape index (κ3) is 2.85. The molecule has 0 saturated carbocycles. The van der Waals surface area contributed by atoms with Gasteiger partial charge in [-0.15, -0.1) is 0 Å². The maximum Gasteiger partial charge on any atom is 0.237 e. The van der Waals surface area contributed by atoms with Crippen LogP contribution in [0.1, 0.15) is 36.3 Å². The van der Waals surface area contributed by atoms with Gasteiger partial charge in [-0.25, -0.2) is 0 Å². The highest BCUT2D eigenvalue weighted by Gasteiger charge is 2.20. The number of nitrogens with zero attached hydrogens (tertiary/aromatic N) is 1. The highest BCUT2D eigenvalue weighted by atomic mass is 16.5. The Labute approximate surface area is 101 Å². The Kier molecular flexibility index (Phi) is 3.78.